The van der Waals surface area contributed by atoms with Gasteiger partial charge in [-0.1, -0.05) is 17.7 Å². The fourth-order valence-electron chi connectivity index (χ4n) is 2.59. The zero-order valence-corrected chi connectivity index (χ0v) is 14.9. The van der Waals surface area contributed by atoms with Crippen molar-refractivity contribution in [1.29, 1.82) is 0 Å². The van der Waals surface area contributed by atoms with Crippen molar-refractivity contribution in [3.8, 4) is 10.8 Å². The van der Waals surface area contributed by atoms with Gasteiger partial charge >= 0.3 is 0 Å². The van der Waals surface area contributed by atoms with Gasteiger partial charge in [0.2, 0.25) is 0 Å². The number of rotatable bonds is 5. The summed E-state index contributed by atoms with van der Waals surface area (Å²) in [5.74, 6) is 1.18. The summed E-state index contributed by atoms with van der Waals surface area (Å²) in [4.78, 5) is 19.3. The second-order valence-electron chi connectivity index (χ2n) is 5.82. The molecular formula is C20H16N2O3S. The lowest BCUT2D eigenvalue weighted by atomic mass is 10.2. The molecular weight excluding hydrogens is 348 g/mol. The number of carbonyl (C=O) groups is 1. The van der Waals surface area contributed by atoms with Gasteiger partial charge in [-0.25, -0.2) is 4.98 Å². The van der Waals surface area contributed by atoms with Gasteiger partial charge < -0.3 is 8.83 Å². The Bertz CT molecular complexity index is 986. The Labute approximate surface area is 154 Å². The van der Waals surface area contributed by atoms with Crippen molar-refractivity contribution < 1.29 is 13.6 Å². The Morgan fingerprint density at radius 1 is 1.08 bits per heavy atom. The summed E-state index contributed by atoms with van der Waals surface area (Å²) in [6.45, 7) is 2.35. The average molecular weight is 364 g/mol. The molecule has 0 saturated carbocycles. The van der Waals surface area contributed by atoms with Crippen LogP contribution in [0.4, 0.5) is 5.69 Å². The van der Waals surface area contributed by atoms with E-state index >= 15 is 0 Å². The van der Waals surface area contributed by atoms with Crippen molar-refractivity contribution in [3.05, 3.63) is 83.5 Å². The SMILES string of the molecule is Cc1ccc(N(Cc2ccco2)C(=O)c2csc(-c3ccco3)n2)cc1. The highest BCUT2D eigenvalue weighted by atomic mass is 32.1. The molecule has 26 heavy (non-hydrogen) atoms. The van der Waals surface area contributed by atoms with Gasteiger partial charge in [0, 0.05) is 11.1 Å². The van der Waals surface area contributed by atoms with E-state index in [9.17, 15) is 4.79 Å². The normalized spacial score (nSPS) is 10.8. The number of amides is 1. The number of carbonyl (C=O) groups excluding carboxylic acids is 1. The number of aromatic nitrogens is 1. The van der Waals surface area contributed by atoms with Crippen LogP contribution in [0.5, 0.6) is 0 Å². The Kier molecular flexibility index (Phi) is 4.41. The summed E-state index contributed by atoms with van der Waals surface area (Å²) >= 11 is 1.38. The van der Waals surface area contributed by atoms with E-state index in [2.05, 4.69) is 4.98 Å². The van der Waals surface area contributed by atoms with Crippen LogP contribution in [0.3, 0.4) is 0 Å². The highest BCUT2D eigenvalue weighted by molar-refractivity contribution is 7.13. The van der Waals surface area contributed by atoms with Gasteiger partial charge in [-0.2, -0.15) is 0 Å². The number of aryl methyl sites for hydroxylation is 1. The molecule has 5 nitrogen and oxygen atoms in total. The van der Waals surface area contributed by atoms with Crippen LogP contribution in [-0.2, 0) is 6.54 Å². The van der Waals surface area contributed by atoms with Crippen LogP contribution < -0.4 is 4.90 Å². The predicted molar refractivity (Wildman–Crippen MR) is 100 cm³/mol. The van der Waals surface area contributed by atoms with Gasteiger partial charge in [0.1, 0.15) is 11.5 Å². The molecule has 6 heteroatoms. The van der Waals surface area contributed by atoms with Gasteiger partial charge in [-0.05, 0) is 43.3 Å². The van der Waals surface area contributed by atoms with Gasteiger partial charge in [0.15, 0.2) is 10.8 Å². The minimum absolute atomic E-state index is 0.181. The van der Waals surface area contributed by atoms with E-state index in [1.54, 1.807) is 28.9 Å². The third-order valence-corrected chi connectivity index (χ3v) is 4.80. The summed E-state index contributed by atoms with van der Waals surface area (Å²) in [5.41, 5.74) is 2.31. The number of furan rings is 2. The molecule has 0 fully saturated rings. The van der Waals surface area contributed by atoms with Crippen molar-refractivity contribution in [2.45, 2.75) is 13.5 Å². The van der Waals surface area contributed by atoms with Gasteiger partial charge in [-0.3, -0.25) is 9.69 Å². The molecule has 1 amide bonds. The molecule has 0 atom stereocenters. The number of benzene rings is 1. The maximum absolute atomic E-state index is 13.1. The highest BCUT2D eigenvalue weighted by Gasteiger charge is 2.22. The van der Waals surface area contributed by atoms with E-state index < -0.39 is 0 Å². The minimum atomic E-state index is -0.181. The van der Waals surface area contributed by atoms with Crippen LogP contribution in [0.25, 0.3) is 10.8 Å². The van der Waals surface area contributed by atoms with E-state index in [4.69, 9.17) is 8.83 Å². The molecule has 3 aromatic heterocycles. The summed E-state index contributed by atoms with van der Waals surface area (Å²) in [6.07, 6.45) is 3.19. The number of nitrogens with zero attached hydrogens (tertiary/aromatic N) is 2. The molecule has 0 saturated heterocycles. The average Bonchev–Trinajstić information content (AvgIpc) is 3.42. The second-order valence-corrected chi connectivity index (χ2v) is 6.68. The molecule has 0 aliphatic heterocycles. The lowest BCUT2D eigenvalue weighted by molar-refractivity contribution is 0.0979. The topological polar surface area (TPSA) is 59.5 Å². The zero-order chi connectivity index (χ0) is 17.9. The molecule has 0 radical (unpaired) electrons. The molecule has 0 unspecified atom stereocenters. The number of thiazole rings is 1. The van der Waals surface area contributed by atoms with Crippen LogP contribution in [-0.4, -0.2) is 10.9 Å². The van der Waals surface area contributed by atoms with E-state index in [0.29, 0.717) is 28.8 Å². The van der Waals surface area contributed by atoms with E-state index in [1.807, 2.05) is 49.4 Å². The fourth-order valence-corrected chi connectivity index (χ4v) is 3.35. The second kappa shape index (κ2) is 7.01. The molecule has 4 rings (SSSR count). The van der Waals surface area contributed by atoms with E-state index in [0.717, 1.165) is 11.3 Å². The van der Waals surface area contributed by atoms with Crippen LogP contribution in [0.2, 0.25) is 0 Å². The van der Waals surface area contributed by atoms with Gasteiger partial charge in [-0.15, -0.1) is 11.3 Å². The number of hydrogen-bond acceptors (Lipinski definition) is 5. The molecule has 3 heterocycles. The molecule has 0 spiro atoms. The Hall–Kier alpha value is -3.12. The van der Waals surface area contributed by atoms with Crippen LogP contribution in [0, 0.1) is 6.92 Å². The highest BCUT2D eigenvalue weighted by Crippen LogP contribution is 2.26. The quantitative estimate of drug-likeness (QED) is 0.491. The summed E-state index contributed by atoms with van der Waals surface area (Å²) < 4.78 is 10.8. The Morgan fingerprint density at radius 3 is 2.54 bits per heavy atom. The standard InChI is InChI=1S/C20H16N2O3S/c1-14-6-8-15(9-7-14)22(12-16-4-2-10-24-16)20(23)17-13-26-19(21-17)18-5-3-11-25-18/h2-11,13H,12H2,1H3. The third-order valence-electron chi connectivity index (χ3n) is 3.94. The van der Waals surface area contributed by atoms with Crippen molar-refractivity contribution >= 4 is 22.9 Å². The first kappa shape index (κ1) is 16.4. The van der Waals surface area contributed by atoms with Crippen molar-refractivity contribution in [2.75, 3.05) is 4.90 Å². The lowest BCUT2D eigenvalue weighted by Gasteiger charge is -2.21. The van der Waals surface area contributed by atoms with Crippen LogP contribution in [0.15, 0.2) is 75.3 Å². The fraction of sp³-hybridized carbons (Fsp3) is 0.100. The maximum atomic E-state index is 13.1. The Balaban J connectivity index is 1.66. The van der Waals surface area contributed by atoms with E-state index in [1.165, 1.54) is 11.3 Å². The summed E-state index contributed by atoms with van der Waals surface area (Å²) in [6, 6.07) is 15.1. The maximum Gasteiger partial charge on any atom is 0.278 e. The molecule has 130 valence electrons. The van der Waals surface area contributed by atoms with Crippen molar-refractivity contribution in [1.82, 2.24) is 4.98 Å². The van der Waals surface area contributed by atoms with Crippen LogP contribution >= 0.6 is 11.3 Å². The molecule has 0 bridgehead atoms. The molecule has 1 aromatic carbocycles. The van der Waals surface area contributed by atoms with Crippen molar-refractivity contribution in [3.63, 3.8) is 0 Å². The monoisotopic (exact) mass is 364 g/mol. The molecule has 0 aliphatic carbocycles. The predicted octanol–water partition coefficient (Wildman–Crippen LogP) is 5.15. The third kappa shape index (κ3) is 3.32. The largest absolute Gasteiger partial charge is 0.467 e. The Morgan fingerprint density at radius 2 is 1.85 bits per heavy atom. The molecule has 0 aliphatic rings. The smallest absolute Gasteiger partial charge is 0.278 e. The molecule has 0 N–H and O–H groups in total. The summed E-state index contributed by atoms with van der Waals surface area (Å²) in [5, 5.41) is 2.43. The minimum Gasteiger partial charge on any atom is -0.467 e. The first-order valence-corrected chi connectivity index (χ1v) is 8.99. The molecule has 4 aromatic rings. The number of anilines is 1. The first-order valence-electron chi connectivity index (χ1n) is 8.11. The number of hydrogen-bond donors (Lipinski definition) is 0. The lowest BCUT2D eigenvalue weighted by Crippen LogP contribution is -2.30. The first-order chi connectivity index (χ1) is 12.7. The van der Waals surface area contributed by atoms with Crippen LogP contribution in [0.1, 0.15) is 21.8 Å². The summed E-state index contributed by atoms with van der Waals surface area (Å²) in [7, 11) is 0. The van der Waals surface area contributed by atoms with Crippen molar-refractivity contribution in [2.24, 2.45) is 0 Å². The van der Waals surface area contributed by atoms with Gasteiger partial charge in [0.25, 0.3) is 5.91 Å². The zero-order valence-electron chi connectivity index (χ0n) is 14.1. The van der Waals surface area contributed by atoms with Gasteiger partial charge in [0.05, 0.1) is 19.1 Å². The van der Waals surface area contributed by atoms with E-state index in [-0.39, 0.29) is 5.91 Å².